The maximum Gasteiger partial charge on any atom is 0.343 e. The molecule has 1 aliphatic carbocycles. The fourth-order valence-corrected chi connectivity index (χ4v) is 2.05. The number of nitrogens with zero attached hydrogens (tertiary/aromatic N) is 2. The van der Waals surface area contributed by atoms with Crippen LogP contribution in [-0.4, -0.2) is 34.9 Å². The van der Waals surface area contributed by atoms with E-state index in [4.69, 9.17) is 16.3 Å². The quantitative estimate of drug-likeness (QED) is 0.298. The summed E-state index contributed by atoms with van der Waals surface area (Å²) >= 11 is 5.94. The van der Waals surface area contributed by atoms with Crippen molar-refractivity contribution in [1.29, 1.82) is 0 Å². The van der Waals surface area contributed by atoms with E-state index in [-0.39, 0.29) is 34.7 Å². The third-order valence-electron chi connectivity index (χ3n) is 3.25. The normalized spacial score (nSPS) is 16.5. The maximum absolute atomic E-state index is 12.0. The second-order valence-corrected chi connectivity index (χ2v) is 5.05. The lowest BCUT2D eigenvalue weighted by molar-refractivity contribution is -0.137. The van der Waals surface area contributed by atoms with Gasteiger partial charge >= 0.3 is 5.97 Å². The van der Waals surface area contributed by atoms with E-state index in [0.29, 0.717) is 0 Å². The van der Waals surface area contributed by atoms with Crippen LogP contribution in [0.2, 0.25) is 5.15 Å². The fourth-order valence-electron chi connectivity index (χ4n) is 1.84. The van der Waals surface area contributed by atoms with Gasteiger partial charge in [0.2, 0.25) is 0 Å². The summed E-state index contributed by atoms with van der Waals surface area (Å²) in [5.74, 6) is -0.896. The second-order valence-electron chi connectivity index (χ2n) is 4.69. The summed E-state index contributed by atoms with van der Waals surface area (Å²) in [6.07, 6.45) is 6.02. The highest BCUT2D eigenvalue weighted by Gasteiger charge is 2.20. The van der Waals surface area contributed by atoms with Gasteiger partial charge in [0.05, 0.1) is 12.2 Å². The van der Waals surface area contributed by atoms with E-state index in [9.17, 15) is 9.90 Å². The van der Waals surface area contributed by atoms with Crippen LogP contribution < -0.4 is 0 Å². The highest BCUT2D eigenvalue weighted by molar-refractivity contribution is 6.31. The van der Waals surface area contributed by atoms with E-state index in [2.05, 4.69) is 9.98 Å². The molecule has 5 nitrogen and oxygen atoms in total. The van der Waals surface area contributed by atoms with Gasteiger partial charge in [-0.15, -0.1) is 0 Å². The van der Waals surface area contributed by atoms with Crippen molar-refractivity contribution < 1.29 is 14.6 Å². The Kier molecular flexibility index (Phi) is 5.33. The van der Waals surface area contributed by atoms with Crippen molar-refractivity contribution in [2.45, 2.75) is 32.2 Å². The minimum atomic E-state index is -0.627. The van der Waals surface area contributed by atoms with Crippen LogP contribution in [0.4, 0.5) is 0 Å². The lowest BCUT2D eigenvalue weighted by Crippen LogP contribution is -2.17. The molecule has 1 N–H and O–H groups in total. The molecule has 0 aromatic carbocycles. The van der Waals surface area contributed by atoms with Gasteiger partial charge < -0.3 is 9.84 Å². The van der Waals surface area contributed by atoms with Crippen LogP contribution in [0.1, 0.15) is 31.7 Å². The molecular weight excluding hydrogens is 292 g/mol. The van der Waals surface area contributed by atoms with Crippen LogP contribution in [-0.2, 0) is 9.53 Å². The first-order valence-electron chi connectivity index (χ1n) is 6.88. The van der Waals surface area contributed by atoms with Crippen molar-refractivity contribution in [2.75, 3.05) is 6.61 Å². The minimum absolute atomic E-state index is 0.00125. The maximum atomic E-state index is 12.0. The molecule has 0 unspecified atom stereocenters. The smallest absolute Gasteiger partial charge is 0.343 e. The summed E-state index contributed by atoms with van der Waals surface area (Å²) in [4.78, 5) is 20.2. The first kappa shape index (κ1) is 15.5. The molecule has 6 heteroatoms. The Morgan fingerprint density at radius 1 is 1.62 bits per heavy atom. The van der Waals surface area contributed by atoms with Crippen molar-refractivity contribution in [3.05, 3.63) is 34.6 Å². The monoisotopic (exact) mass is 308 g/mol. The standard InChI is InChI=1S/C15H17ClN2O3/c1-2-21-15(20)12(9-18-10-5-3-6-10)13(19)11-7-4-8-17-14(11)16/h4,7-10,19H,2-3,5-6H2,1H3. The average molecular weight is 309 g/mol. The van der Waals surface area contributed by atoms with E-state index in [1.54, 1.807) is 19.1 Å². The Labute approximate surface area is 128 Å². The Morgan fingerprint density at radius 2 is 2.38 bits per heavy atom. The third kappa shape index (κ3) is 3.82. The third-order valence-corrected chi connectivity index (χ3v) is 3.56. The molecule has 1 fully saturated rings. The molecule has 2 rings (SSSR count). The van der Waals surface area contributed by atoms with Crippen molar-refractivity contribution in [2.24, 2.45) is 4.99 Å². The van der Waals surface area contributed by atoms with Crippen molar-refractivity contribution in [1.82, 2.24) is 4.98 Å². The number of hydrogen-bond acceptors (Lipinski definition) is 5. The van der Waals surface area contributed by atoms with Gasteiger partial charge in [-0.2, -0.15) is 0 Å². The molecule has 112 valence electrons. The molecule has 1 aliphatic rings. The van der Waals surface area contributed by atoms with Crippen LogP contribution >= 0.6 is 11.6 Å². The molecule has 0 aliphatic heterocycles. The van der Waals surface area contributed by atoms with Crippen molar-refractivity contribution >= 4 is 29.5 Å². The minimum Gasteiger partial charge on any atom is -0.506 e. The summed E-state index contributed by atoms with van der Waals surface area (Å²) < 4.78 is 4.96. The summed E-state index contributed by atoms with van der Waals surface area (Å²) in [5, 5.41) is 10.4. The van der Waals surface area contributed by atoms with E-state index >= 15 is 0 Å². The van der Waals surface area contributed by atoms with E-state index in [0.717, 1.165) is 19.3 Å². The number of ether oxygens (including phenoxy) is 1. The van der Waals surface area contributed by atoms with Crippen molar-refractivity contribution in [3.8, 4) is 0 Å². The Bertz CT molecular complexity index is 580. The largest absolute Gasteiger partial charge is 0.506 e. The van der Waals surface area contributed by atoms with E-state index in [1.807, 2.05) is 0 Å². The van der Waals surface area contributed by atoms with Crippen LogP contribution in [0, 0.1) is 0 Å². The molecule has 1 aromatic heterocycles. The fraction of sp³-hybridized carbons (Fsp3) is 0.400. The second kappa shape index (κ2) is 7.22. The average Bonchev–Trinajstić information content (AvgIpc) is 2.41. The Balaban J connectivity index is 2.36. The number of aliphatic imine (C=N–C) groups is 1. The zero-order valence-corrected chi connectivity index (χ0v) is 12.5. The van der Waals surface area contributed by atoms with Gasteiger partial charge in [-0.1, -0.05) is 11.6 Å². The number of hydrogen-bond donors (Lipinski definition) is 1. The SMILES string of the molecule is CCOC(=O)C(C=NC1CCC1)=C(O)c1cccnc1Cl. The molecule has 0 saturated heterocycles. The summed E-state index contributed by atoms with van der Waals surface area (Å²) in [6, 6.07) is 3.43. The molecule has 0 bridgehead atoms. The predicted octanol–water partition coefficient (Wildman–Crippen LogP) is 3.19. The lowest BCUT2D eigenvalue weighted by Gasteiger charge is -2.20. The zero-order chi connectivity index (χ0) is 15.2. The number of rotatable bonds is 5. The molecule has 1 heterocycles. The lowest BCUT2D eigenvalue weighted by atomic mass is 9.94. The first-order chi connectivity index (χ1) is 10.1. The van der Waals surface area contributed by atoms with Gasteiger partial charge in [0.25, 0.3) is 0 Å². The molecule has 0 radical (unpaired) electrons. The number of halogens is 1. The number of aliphatic hydroxyl groups excluding tert-OH is 1. The van der Waals surface area contributed by atoms with Gasteiger partial charge in [0, 0.05) is 18.5 Å². The topological polar surface area (TPSA) is 71.8 Å². The number of carbonyl (C=O) groups is 1. The molecule has 1 saturated carbocycles. The van der Waals surface area contributed by atoms with E-state index in [1.165, 1.54) is 12.4 Å². The van der Waals surface area contributed by atoms with Crippen LogP contribution in [0.15, 0.2) is 28.9 Å². The molecular formula is C15H17ClN2O3. The molecule has 0 amide bonds. The number of esters is 1. The van der Waals surface area contributed by atoms with Gasteiger partial charge in [0.15, 0.2) is 0 Å². The number of pyridine rings is 1. The van der Waals surface area contributed by atoms with Gasteiger partial charge in [-0.25, -0.2) is 9.78 Å². The summed E-state index contributed by atoms with van der Waals surface area (Å²) in [7, 11) is 0. The highest BCUT2D eigenvalue weighted by Crippen LogP contribution is 2.24. The zero-order valence-electron chi connectivity index (χ0n) is 11.8. The number of aromatic nitrogens is 1. The number of aliphatic hydroxyl groups is 1. The Hall–Kier alpha value is -1.88. The molecule has 21 heavy (non-hydrogen) atoms. The predicted molar refractivity (Wildman–Crippen MR) is 81.6 cm³/mol. The molecule has 1 aromatic rings. The highest BCUT2D eigenvalue weighted by atomic mass is 35.5. The first-order valence-corrected chi connectivity index (χ1v) is 7.25. The number of carbonyl (C=O) groups excluding carboxylic acids is 1. The molecule has 0 spiro atoms. The summed E-state index contributed by atoms with van der Waals surface area (Å²) in [5.41, 5.74) is 0.279. The van der Waals surface area contributed by atoms with E-state index < -0.39 is 5.97 Å². The van der Waals surface area contributed by atoms with Gasteiger partial charge in [-0.3, -0.25) is 4.99 Å². The summed E-state index contributed by atoms with van der Waals surface area (Å²) in [6.45, 7) is 1.92. The van der Waals surface area contributed by atoms with Gasteiger partial charge in [-0.05, 0) is 38.3 Å². The molecule has 0 atom stereocenters. The van der Waals surface area contributed by atoms with Crippen LogP contribution in [0.5, 0.6) is 0 Å². The van der Waals surface area contributed by atoms with Crippen molar-refractivity contribution in [3.63, 3.8) is 0 Å². The van der Waals surface area contributed by atoms with Crippen LogP contribution in [0.3, 0.4) is 0 Å². The van der Waals surface area contributed by atoms with Crippen LogP contribution in [0.25, 0.3) is 5.76 Å². The Morgan fingerprint density at radius 3 is 2.95 bits per heavy atom. The van der Waals surface area contributed by atoms with Gasteiger partial charge in [0.1, 0.15) is 16.5 Å².